The fourth-order valence-electron chi connectivity index (χ4n) is 1.83. The average molecular weight is 309 g/mol. The van der Waals surface area contributed by atoms with Gasteiger partial charge in [0.05, 0.1) is 6.61 Å². The summed E-state index contributed by atoms with van der Waals surface area (Å²) in [4.78, 5) is 18.5. The average Bonchev–Trinajstić information content (AvgIpc) is 3.13. The Morgan fingerprint density at radius 2 is 2.24 bits per heavy atom. The van der Waals surface area contributed by atoms with Crippen molar-refractivity contribution in [1.82, 2.24) is 24.5 Å². The quantitative estimate of drug-likeness (QED) is 0.723. The maximum Gasteiger partial charge on any atom is 0.241 e. The first kappa shape index (κ1) is 14.2. The Bertz CT molecular complexity index is 586. The Kier molecular flexibility index (Phi) is 4.31. The molecule has 1 aliphatic rings. The van der Waals surface area contributed by atoms with E-state index in [9.17, 15) is 0 Å². The minimum absolute atomic E-state index is 0.162. The summed E-state index contributed by atoms with van der Waals surface area (Å²) in [6.45, 7) is 2.21. The Hall–Kier alpha value is -1.73. The van der Waals surface area contributed by atoms with Gasteiger partial charge < -0.3 is 9.64 Å². The van der Waals surface area contributed by atoms with Gasteiger partial charge in [-0.05, 0) is 30.4 Å². The highest BCUT2D eigenvalue weighted by Crippen LogP contribution is 2.28. The number of hydrogen-bond donors (Lipinski definition) is 0. The molecule has 0 saturated heterocycles. The molecule has 2 aromatic rings. The van der Waals surface area contributed by atoms with Gasteiger partial charge in [-0.25, -0.2) is 4.98 Å². The SMILES string of the molecule is CN(CCOCC1CC1)c1nc(Cl)nc(-n2ccnc2)n1. The molecule has 0 aromatic carbocycles. The molecule has 7 nitrogen and oxygen atoms in total. The van der Waals surface area contributed by atoms with Crippen LogP contribution >= 0.6 is 11.6 Å². The summed E-state index contributed by atoms with van der Waals surface area (Å²) in [7, 11) is 1.91. The predicted octanol–water partition coefficient (Wildman–Crippen LogP) is 1.57. The van der Waals surface area contributed by atoms with Crippen LogP contribution in [0.3, 0.4) is 0 Å². The van der Waals surface area contributed by atoms with Crippen molar-refractivity contribution in [2.24, 2.45) is 5.92 Å². The van der Waals surface area contributed by atoms with E-state index in [1.54, 1.807) is 23.3 Å². The van der Waals surface area contributed by atoms with Crippen LogP contribution < -0.4 is 4.90 Å². The first-order valence-corrected chi connectivity index (χ1v) is 7.29. The van der Waals surface area contributed by atoms with Gasteiger partial charge in [-0.2, -0.15) is 15.0 Å². The van der Waals surface area contributed by atoms with Gasteiger partial charge in [0, 0.05) is 32.6 Å². The lowest BCUT2D eigenvalue weighted by molar-refractivity contribution is 0.130. The summed E-state index contributed by atoms with van der Waals surface area (Å²) in [5.41, 5.74) is 0. The van der Waals surface area contributed by atoms with Gasteiger partial charge in [0.2, 0.25) is 17.2 Å². The van der Waals surface area contributed by atoms with Gasteiger partial charge in [0.1, 0.15) is 6.33 Å². The van der Waals surface area contributed by atoms with E-state index in [-0.39, 0.29) is 5.28 Å². The van der Waals surface area contributed by atoms with Crippen LogP contribution in [0.25, 0.3) is 5.95 Å². The fourth-order valence-corrected chi connectivity index (χ4v) is 1.98. The second-order valence-electron chi connectivity index (χ2n) is 5.11. The van der Waals surface area contributed by atoms with Crippen molar-refractivity contribution in [2.45, 2.75) is 12.8 Å². The molecule has 2 heterocycles. The van der Waals surface area contributed by atoms with Crippen molar-refractivity contribution >= 4 is 17.5 Å². The number of rotatable bonds is 7. The third-order valence-corrected chi connectivity index (χ3v) is 3.45. The van der Waals surface area contributed by atoms with Gasteiger partial charge in [0.15, 0.2) is 0 Å². The lowest BCUT2D eigenvalue weighted by Crippen LogP contribution is -2.25. The maximum absolute atomic E-state index is 5.97. The molecule has 0 radical (unpaired) electrons. The summed E-state index contributed by atoms with van der Waals surface area (Å²) in [5, 5.41) is 0.162. The highest BCUT2D eigenvalue weighted by atomic mass is 35.5. The van der Waals surface area contributed by atoms with E-state index in [0.29, 0.717) is 25.0 Å². The number of nitrogens with zero attached hydrogens (tertiary/aromatic N) is 6. The monoisotopic (exact) mass is 308 g/mol. The van der Waals surface area contributed by atoms with Crippen LogP contribution in [0.15, 0.2) is 18.7 Å². The van der Waals surface area contributed by atoms with Crippen LogP contribution in [0.1, 0.15) is 12.8 Å². The van der Waals surface area contributed by atoms with Crippen LogP contribution in [0.2, 0.25) is 5.28 Å². The zero-order chi connectivity index (χ0) is 14.7. The Morgan fingerprint density at radius 3 is 2.95 bits per heavy atom. The Morgan fingerprint density at radius 1 is 1.38 bits per heavy atom. The standard InChI is InChI=1S/C13H17ClN6O/c1-19(6-7-21-8-10-2-3-10)12-16-11(14)17-13(18-12)20-5-4-15-9-20/h4-5,9-10H,2-3,6-8H2,1H3. The van der Waals surface area contributed by atoms with Gasteiger partial charge >= 0.3 is 0 Å². The number of aromatic nitrogens is 5. The third kappa shape index (κ3) is 3.89. The summed E-state index contributed by atoms with van der Waals surface area (Å²) in [6, 6.07) is 0. The molecule has 0 spiro atoms. The molecular formula is C13H17ClN6O. The summed E-state index contributed by atoms with van der Waals surface area (Å²) in [6.07, 6.45) is 7.63. The lowest BCUT2D eigenvalue weighted by Gasteiger charge is -2.17. The van der Waals surface area contributed by atoms with Crippen molar-refractivity contribution in [3.63, 3.8) is 0 Å². The minimum Gasteiger partial charge on any atom is -0.379 e. The molecule has 0 amide bonds. The predicted molar refractivity (Wildman–Crippen MR) is 78.8 cm³/mol. The molecule has 0 N–H and O–H groups in total. The molecule has 0 bridgehead atoms. The van der Waals surface area contributed by atoms with Crippen molar-refractivity contribution in [1.29, 1.82) is 0 Å². The molecular weight excluding hydrogens is 292 g/mol. The highest BCUT2D eigenvalue weighted by molar-refractivity contribution is 6.28. The van der Waals surface area contributed by atoms with Crippen LogP contribution in [-0.2, 0) is 4.74 Å². The largest absolute Gasteiger partial charge is 0.379 e. The van der Waals surface area contributed by atoms with E-state index < -0.39 is 0 Å². The molecule has 1 saturated carbocycles. The summed E-state index contributed by atoms with van der Waals surface area (Å²) < 4.78 is 7.31. The first-order chi connectivity index (χ1) is 10.2. The van der Waals surface area contributed by atoms with Crippen LogP contribution in [0.5, 0.6) is 0 Å². The summed E-state index contributed by atoms with van der Waals surface area (Å²) >= 11 is 5.97. The van der Waals surface area contributed by atoms with Gasteiger partial charge in [-0.15, -0.1) is 0 Å². The third-order valence-electron chi connectivity index (χ3n) is 3.28. The molecule has 112 valence electrons. The minimum atomic E-state index is 0.162. The molecule has 8 heteroatoms. The van der Waals surface area contributed by atoms with Crippen LogP contribution in [0, 0.1) is 5.92 Å². The summed E-state index contributed by atoms with van der Waals surface area (Å²) in [5.74, 6) is 1.75. The second-order valence-corrected chi connectivity index (χ2v) is 5.45. The molecule has 2 aromatic heterocycles. The zero-order valence-corrected chi connectivity index (χ0v) is 12.6. The van der Waals surface area contributed by atoms with E-state index in [0.717, 1.165) is 12.5 Å². The van der Waals surface area contributed by atoms with Gasteiger partial charge in [-0.1, -0.05) is 0 Å². The Labute approximate surface area is 128 Å². The molecule has 0 unspecified atom stereocenters. The van der Waals surface area contributed by atoms with Crippen molar-refractivity contribution in [2.75, 3.05) is 31.7 Å². The zero-order valence-electron chi connectivity index (χ0n) is 11.8. The molecule has 0 atom stereocenters. The van der Waals surface area contributed by atoms with Crippen molar-refractivity contribution < 1.29 is 4.74 Å². The van der Waals surface area contributed by atoms with Gasteiger partial charge in [-0.3, -0.25) is 4.57 Å². The first-order valence-electron chi connectivity index (χ1n) is 6.91. The molecule has 1 fully saturated rings. The maximum atomic E-state index is 5.97. The van der Waals surface area contributed by atoms with Crippen LogP contribution in [-0.4, -0.2) is 51.3 Å². The smallest absolute Gasteiger partial charge is 0.241 e. The normalized spacial score (nSPS) is 14.4. The number of halogens is 1. The second kappa shape index (κ2) is 6.36. The van der Waals surface area contributed by atoms with Gasteiger partial charge in [0.25, 0.3) is 0 Å². The molecule has 21 heavy (non-hydrogen) atoms. The Balaban J connectivity index is 1.62. The van der Waals surface area contributed by atoms with Crippen molar-refractivity contribution in [3.05, 3.63) is 24.0 Å². The fraction of sp³-hybridized carbons (Fsp3) is 0.538. The number of likely N-dealkylation sites (N-methyl/N-ethyl adjacent to an activating group) is 1. The van der Waals surface area contributed by atoms with Crippen molar-refractivity contribution in [3.8, 4) is 5.95 Å². The topological polar surface area (TPSA) is 69.0 Å². The highest BCUT2D eigenvalue weighted by Gasteiger charge is 2.21. The lowest BCUT2D eigenvalue weighted by atomic mass is 10.5. The molecule has 1 aliphatic carbocycles. The number of anilines is 1. The van der Waals surface area contributed by atoms with E-state index in [2.05, 4.69) is 19.9 Å². The van der Waals surface area contributed by atoms with E-state index >= 15 is 0 Å². The van der Waals surface area contributed by atoms with E-state index in [1.807, 2.05) is 11.9 Å². The molecule has 3 rings (SSSR count). The van der Waals surface area contributed by atoms with E-state index in [4.69, 9.17) is 16.3 Å². The van der Waals surface area contributed by atoms with E-state index in [1.165, 1.54) is 12.8 Å². The van der Waals surface area contributed by atoms with Crippen LogP contribution in [0.4, 0.5) is 5.95 Å². The molecule has 0 aliphatic heterocycles. The number of hydrogen-bond acceptors (Lipinski definition) is 6. The number of imidazole rings is 1. The number of ether oxygens (including phenoxy) is 1.